The van der Waals surface area contributed by atoms with Gasteiger partial charge >= 0.3 is 0 Å². The van der Waals surface area contributed by atoms with E-state index in [1.54, 1.807) is 0 Å². The number of ketones is 2. The summed E-state index contributed by atoms with van der Waals surface area (Å²) in [6, 6.07) is 0. The SMILES string of the molecule is O=C1CC[C@@H]2C(=O)CC[C@@H]2C1. The summed E-state index contributed by atoms with van der Waals surface area (Å²) in [4.78, 5) is 22.2. The number of carbonyl (C=O) groups is 2. The van der Waals surface area contributed by atoms with E-state index in [0.717, 1.165) is 19.3 Å². The summed E-state index contributed by atoms with van der Waals surface area (Å²) in [7, 11) is 0. The third-order valence-electron chi connectivity index (χ3n) is 2.97. The fraction of sp³-hybridized carbons (Fsp3) is 0.778. The van der Waals surface area contributed by atoms with Crippen LogP contribution < -0.4 is 0 Å². The van der Waals surface area contributed by atoms with E-state index in [9.17, 15) is 9.59 Å². The van der Waals surface area contributed by atoms with Crippen LogP contribution in [0.1, 0.15) is 32.1 Å². The van der Waals surface area contributed by atoms with Gasteiger partial charge < -0.3 is 0 Å². The Balaban J connectivity index is 2.11. The summed E-state index contributed by atoms with van der Waals surface area (Å²) in [6.45, 7) is 0. The fourth-order valence-corrected chi connectivity index (χ4v) is 2.33. The van der Waals surface area contributed by atoms with Gasteiger partial charge in [-0.3, -0.25) is 9.59 Å². The molecule has 0 aromatic heterocycles. The van der Waals surface area contributed by atoms with Crippen molar-refractivity contribution < 1.29 is 9.59 Å². The molecule has 0 aromatic rings. The van der Waals surface area contributed by atoms with Crippen molar-refractivity contribution >= 4 is 11.6 Å². The molecule has 2 saturated carbocycles. The quantitative estimate of drug-likeness (QED) is 0.524. The Hall–Kier alpha value is -0.660. The highest BCUT2D eigenvalue weighted by atomic mass is 16.1. The third-order valence-corrected chi connectivity index (χ3v) is 2.97. The molecule has 0 N–H and O–H groups in total. The molecule has 0 amide bonds. The molecule has 2 atom stereocenters. The van der Waals surface area contributed by atoms with Gasteiger partial charge in [-0.1, -0.05) is 0 Å². The van der Waals surface area contributed by atoms with Gasteiger partial charge in [0.1, 0.15) is 11.6 Å². The second-order valence-electron chi connectivity index (χ2n) is 3.65. The van der Waals surface area contributed by atoms with E-state index in [1.165, 1.54) is 0 Å². The molecule has 11 heavy (non-hydrogen) atoms. The lowest BCUT2D eigenvalue weighted by Gasteiger charge is -2.22. The summed E-state index contributed by atoms with van der Waals surface area (Å²) in [5, 5.41) is 0. The average molecular weight is 152 g/mol. The molecular weight excluding hydrogens is 140 g/mol. The van der Waals surface area contributed by atoms with Crippen molar-refractivity contribution in [3.63, 3.8) is 0 Å². The standard InChI is InChI=1S/C9H12O2/c10-7-2-3-8-6(5-7)1-4-9(8)11/h6,8H,1-5H2/t6-,8+/m1/s1. The number of fused-ring (bicyclic) bond motifs is 1. The van der Waals surface area contributed by atoms with Crippen molar-refractivity contribution in [1.82, 2.24) is 0 Å². The second-order valence-corrected chi connectivity index (χ2v) is 3.65. The van der Waals surface area contributed by atoms with Gasteiger partial charge in [0.05, 0.1) is 0 Å². The minimum atomic E-state index is 0.257. The van der Waals surface area contributed by atoms with E-state index >= 15 is 0 Å². The normalized spacial score (nSPS) is 37.5. The summed E-state index contributed by atoms with van der Waals surface area (Å²) < 4.78 is 0. The van der Waals surface area contributed by atoms with Crippen LogP contribution in [0.3, 0.4) is 0 Å². The lowest BCUT2D eigenvalue weighted by Crippen LogP contribution is -2.24. The molecule has 60 valence electrons. The molecule has 2 rings (SSSR count). The van der Waals surface area contributed by atoms with Gasteiger partial charge in [-0.25, -0.2) is 0 Å². The van der Waals surface area contributed by atoms with E-state index in [4.69, 9.17) is 0 Å². The van der Waals surface area contributed by atoms with Crippen LogP contribution in [-0.2, 0) is 9.59 Å². The number of rotatable bonds is 0. The van der Waals surface area contributed by atoms with E-state index in [-0.39, 0.29) is 5.92 Å². The molecule has 0 saturated heterocycles. The largest absolute Gasteiger partial charge is 0.300 e. The first-order chi connectivity index (χ1) is 5.27. The molecule has 2 heteroatoms. The molecule has 0 bridgehead atoms. The number of Topliss-reactive ketones (excluding diaryl/α,β-unsaturated/α-hetero) is 2. The highest BCUT2D eigenvalue weighted by Crippen LogP contribution is 2.38. The summed E-state index contributed by atoms with van der Waals surface area (Å²) in [5.41, 5.74) is 0. The Labute approximate surface area is 66.0 Å². The molecule has 2 aliphatic rings. The molecule has 2 nitrogen and oxygen atoms in total. The molecule has 0 aromatic carbocycles. The first-order valence-corrected chi connectivity index (χ1v) is 4.32. The van der Waals surface area contributed by atoms with Crippen molar-refractivity contribution in [1.29, 1.82) is 0 Å². The fourth-order valence-electron chi connectivity index (χ4n) is 2.33. The van der Waals surface area contributed by atoms with Crippen molar-refractivity contribution in [2.24, 2.45) is 11.8 Å². The van der Waals surface area contributed by atoms with Crippen LogP contribution in [0, 0.1) is 11.8 Å². The Morgan fingerprint density at radius 2 is 1.91 bits per heavy atom. The first-order valence-electron chi connectivity index (χ1n) is 4.32. The molecule has 0 heterocycles. The minimum Gasteiger partial charge on any atom is -0.300 e. The van der Waals surface area contributed by atoms with Crippen molar-refractivity contribution in [2.45, 2.75) is 32.1 Å². The second kappa shape index (κ2) is 2.43. The Bertz CT molecular complexity index is 208. The van der Waals surface area contributed by atoms with Crippen molar-refractivity contribution in [3.05, 3.63) is 0 Å². The first kappa shape index (κ1) is 7.01. The predicted octanol–water partition coefficient (Wildman–Crippen LogP) is 1.33. The zero-order valence-corrected chi connectivity index (χ0v) is 6.51. The maximum absolute atomic E-state index is 11.2. The van der Waals surface area contributed by atoms with Gasteiger partial charge in [0.25, 0.3) is 0 Å². The zero-order chi connectivity index (χ0) is 7.84. The van der Waals surface area contributed by atoms with Gasteiger partial charge in [-0.05, 0) is 18.8 Å². The molecule has 0 unspecified atom stereocenters. The highest BCUT2D eigenvalue weighted by Gasteiger charge is 2.38. The lowest BCUT2D eigenvalue weighted by atomic mass is 9.81. The smallest absolute Gasteiger partial charge is 0.136 e. The molecule has 2 aliphatic carbocycles. The predicted molar refractivity (Wildman–Crippen MR) is 40.1 cm³/mol. The lowest BCUT2D eigenvalue weighted by molar-refractivity contribution is -0.126. The molecular formula is C9H12O2. The van der Waals surface area contributed by atoms with E-state index in [0.29, 0.717) is 30.3 Å². The van der Waals surface area contributed by atoms with Crippen LogP contribution in [0.5, 0.6) is 0 Å². The Morgan fingerprint density at radius 1 is 1.09 bits per heavy atom. The Kier molecular flexibility index (Phi) is 1.55. The number of hydrogen-bond acceptors (Lipinski definition) is 2. The summed E-state index contributed by atoms with van der Waals surface area (Å²) >= 11 is 0. The van der Waals surface area contributed by atoms with Crippen molar-refractivity contribution in [2.75, 3.05) is 0 Å². The van der Waals surface area contributed by atoms with Crippen molar-refractivity contribution in [3.8, 4) is 0 Å². The van der Waals surface area contributed by atoms with Crippen LogP contribution in [0.25, 0.3) is 0 Å². The molecule has 0 radical (unpaired) electrons. The van der Waals surface area contributed by atoms with Gasteiger partial charge in [-0.15, -0.1) is 0 Å². The number of carbonyl (C=O) groups excluding carboxylic acids is 2. The third kappa shape index (κ3) is 1.10. The molecule has 0 aliphatic heterocycles. The van der Waals surface area contributed by atoms with E-state index < -0.39 is 0 Å². The van der Waals surface area contributed by atoms with Crippen LogP contribution in [0.2, 0.25) is 0 Å². The van der Waals surface area contributed by atoms with E-state index in [1.807, 2.05) is 0 Å². The molecule has 2 fully saturated rings. The van der Waals surface area contributed by atoms with Crippen LogP contribution in [0.15, 0.2) is 0 Å². The minimum absolute atomic E-state index is 0.257. The van der Waals surface area contributed by atoms with Crippen LogP contribution in [-0.4, -0.2) is 11.6 Å². The Morgan fingerprint density at radius 3 is 2.73 bits per heavy atom. The van der Waals surface area contributed by atoms with Crippen LogP contribution >= 0.6 is 0 Å². The summed E-state index contributed by atoms with van der Waals surface area (Å²) in [6.07, 6.45) is 3.85. The zero-order valence-electron chi connectivity index (χ0n) is 6.51. The molecule has 0 spiro atoms. The van der Waals surface area contributed by atoms with E-state index in [2.05, 4.69) is 0 Å². The van der Waals surface area contributed by atoms with Gasteiger partial charge in [0, 0.05) is 25.2 Å². The van der Waals surface area contributed by atoms with Gasteiger partial charge in [0.2, 0.25) is 0 Å². The monoisotopic (exact) mass is 152 g/mol. The van der Waals surface area contributed by atoms with Gasteiger partial charge in [-0.2, -0.15) is 0 Å². The average Bonchev–Trinajstić information content (AvgIpc) is 2.32. The maximum Gasteiger partial charge on any atom is 0.136 e. The summed E-state index contributed by atoms with van der Waals surface area (Å²) in [5.74, 6) is 1.44. The highest BCUT2D eigenvalue weighted by molar-refractivity contribution is 5.88. The maximum atomic E-state index is 11.2. The van der Waals surface area contributed by atoms with Crippen LogP contribution in [0.4, 0.5) is 0 Å². The van der Waals surface area contributed by atoms with Gasteiger partial charge in [0.15, 0.2) is 0 Å². The number of hydrogen-bond donors (Lipinski definition) is 0. The topological polar surface area (TPSA) is 34.1 Å².